The highest BCUT2D eigenvalue weighted by Gasteiger charge is 2.09. The second-order valence-electron chi connectivity index (χ2n) is 4.00. The van der Waals surface area contributed by atoms with Crippen molar-refractivity contribution in [2.45, 2.75) is 24.8 Å². The lowest BCUT2D eigenvalue weighted by Gasteiger charge is -2.09. The summed E-state index contributed by atoms with van der Waals surface area (Å²) in [4.78, 5) is 23.6. The lowest BCUT2D eigenvalue weighted by Crippen LogP contribution is -2.43. The molecule has 0 unspecified atom stereocenters. The van der Waals surface area contributed by atoms with Crippen LogP contribution in [0.5, 0.6) is 0 Å². The predicted molar refractivity (Wildman–Crippen MR) is 73.4 cm³/mol. The Bertz CT molecular complexity index is 435. The number of anilines is 1. The van der Waals surface area contributed by atoms with Crippen LogP contribution in [0.25, 0.3) is 0 Å². The number of para-hydroxylation sites is 1. The zero-order valence-electron chi connectivity index (χ0n) is 10.4. The largest absolute Gasteiger partial charge is 0.398 e. The third-order valence-electron chi connectivity index (χ3n) is 1.95. The van der Waals surface area contributed by atoms with Crippen LogP contribution in [-0.2, 0) is 4.79 Å². The first-order valence-corrected chi connectivity index (χ1v) is 6.55. The molecule has 0 saturated heterocycles. The van der Waals surface area contributed by atoms with Crippen molar-refractivity contribution in [3.8, 4) is 0 Å². The number of carbonyl (C=O) groups excluding carboxylic acids is 2. The van der Waals surface area contributed by atoms with Crippen molar-refractivity contribution in [3.63, 3.8) is 0 Å². The molecule has 0 spiro atoms. The van der Waals surface area contributed by atoms with Crippen molar-refractivity contribution in [3.05, 3.63) is 24.3 Å². The van der Waals surface area contributed by atoms with Gasteiger partial charge in [0, 0.05) is 16.6 Å². The highest BCUT2D eigenvalue weighted by Crippen LogP contribution is 2.23. The van der Waals surface area contributed by atoms with Gasteiger partial charge in [-0.3, -0.25) is 10.1 Å². The molecule has 1 rings (SSSR count). The molecule has 18 heavy (non-hydrogen) atoms. The van der Waals surface area contributed by atoms with Crippen LogP contribution in [0.4, 0.5) is 10.5 Å². The highest BCUT2D eigenvalue weighted by molar-refractivity contribution is 8.00. The Morgan fingerprint density at radius 1 is 1.33 bits per heavy atom. The number of hydrogen-bond acceptors (Lipinski definition) is 4. The molecule has 0 aliphatic rings. The summed E-state index contributed by atoms with van der Waals surface area (Å²) in [5.41, 5.74) is 6.37. The molecule has 0 aromatic heterocycles. The SMILES string of the molecule is CC(C)NC(=O)NC(=O)CSc1ccccc1N. The van der Waals surface area contributed by atoms with Crippen molar-refractivity contribution in [2.75, 3.05) is 11.5 Å². The zero-order valence-corrected chi connectivity index (χ0v) is 11.2. The van der Waals surface area contributed by atoms with Crippen LogP contribution in [0.1, 0.15) is 13.8 Å². The van der Waals surface area contributed by atoms with Gasteiger partial charge in [0.15, 0.2) is 0 Å². The maximum Gasteiger partial charge on any atom is 0.321 e. The Morgan fingerprint density at radius 2 is 2.00 bits per heavy atom. The zero-order chi connectivity index (χ0) is 13.5. The first kappa shape index (κ1) is 14.4. The lowest BCUT2D eigenvalue weighted by molar-refractivity contribution is -0.117. The molecular formula is C12H17N3O2S. The van der Waals surface area contributed by atoms with E-state index in [1.54, 1.807) is 6.07 Å². The maximum absolute atomic E-state index is 11.5. The molecule has 0 fully saturated rings. The number of benzene rings is 1. The van der Waals surface area contributed by atoms with E-state index >= 15 is 0 Å². The second kappa shape index (κ2) is 6.90. The van der Waals surface area contributed by atoms with Crippen LogP contribution in [0, 0.1) is 0 Å². The number of carbonyl (C=O) groups is 2. The van der Waals surface area contributed by atoms with Crippen molar-refractivity contribution in [1.29, 1.82) is 0 Å². The highest BCUT2D eigenvalue weighted by atomic mass is 32.2. The summed E-state index contributed by atoms with van der Waals surface area (Å²) in [6, 6.07) is 6.80. The quantitative estimate of drug-likeness (QED) is 0.571. The van der Waals surface area contributed by atoms with Gasteiger partial charge >= 0.3 is 6.03 Å². The van der Waals surface area contributed by atoms with Gasteiger partial charge in [-0.2, -0.15) is 0 Å². The third kappa shape index (κ3) is 5.09. The standard InChI is InChI=1S/C12H17N3O2S/c1-8(2)14-12(17)15-11(16)7-18-10-6-4-3-5-9(10)13/h3-6,8H,7,13H2,1-2H3,(H2,14,15,16,17). The first-order chi connectivity index (χ1) is 8.49. The second-order valence-corrected chi connectivity index (χ2v) is 5.02. The average Bonchev–Trinajstić information content (AvgIpc) is 2.26. The third-order valence-corrected chi connectivity index (χ3v) is 3.04. The summed E-state index contributed by atoms with van der Waals surface area (Å²) in [5.74, 6) is -0.193. The molecule has 1 aromatic rings. The van der Waals surface area contributed by atoms with Gasteiger partial charge in [0.2, 0.25) is 5.91 Å². The number of imide groups is 1. The molecule has 0 aliphatic heterocycles. The Kier molecular flexibility index (Phi) is 5.51. The number of thioether (sulfide) groups is 1. The van der Waals surface area contributed by atoms with Crippen LogP contribution in [-0.4, -0.2) is 23.7 Å². The fourth-order valence-electron chi connectivity index (χ4n) is 1.22. The summed E-state index contributed by atoms with van der Waals surface area (Å²) < 4.78 is 0. The Hall–Kier alpha value is -1.69. The molecule has 4 N–H and O–H groups in total. The number of hydrogen-bond donors (Lipinski definition) is 3. The smallest absolute Gasteiger partial charge is 0.321 e. The molecule has 0 aliphatic carbocycles. The molecule has 0 heterocycles. The first-order valence-electron chi connectivity index (χ1n) is 5.56. The van der Waals surface area contributed by atoms with Crippen molar-refractivity contribution < 1.29 is 9.59 Å². The molecule has 0 saturated carbocycles. The summed E-state index contributed by atoms with van der Waals surface area (Å²) in [6.07, 6.45) is 0. The predicted octanol–water partition coefficient (Wildman–Crippen LogP) is 1.60. The van der Waals surface area contributed by atoms with Crippen LogP contribution >= 0.6 is 11.8 Å². The van der Waals surface area contributed by atoms with Gasteiger partial charge in [0.1, 0.15) is 0 Å². The van der Waals surface area contributed by atoms with Crippen LogP contribution in [0.2, 0.25) is 0 Å². The monoisotopic (exact) mass is 267 g/mol. The van der Waals surface area contributed by atoms with Crippen LogP contribution in [0.15, 0.2) is 29.2 Å². The molecule has 5 nitrogen and oxygen atoms in total. The van der Waals surface area contributed by atoms with E-state index in [4.69, 9.17) is 5.73 Å². The number of nitrogens with two attached hydrogens (primary N) is 1. The number of nitrogen functional groups attached to an aromatic ring is 1. The van der Waals surface area contributed by atoms with Gasteiger partial charge < -0.3 is 11.1 Å². The summed E-state index contributed by atoms with van der Waals surface area (Å²) in [7, 11) is 0. The summed E-state index contributed by atoms with van der Waals surface area (Å²) in [5, 5.41) is 4.83. The molecular weight excluding hydrogens is 250 g/mol. The van der Waals surface area contributed by atoms with E-state index in [-0.39, 0.29) is 17.7 Å². The molecule has 98 valence electrons. The molecule has 6 heteroatoms. The van der Waals surface area contributed by atoms with Gasteiger partial charge in [-0.25, -0.2) is 4.79 Å². The minimum Gasteiger partial charge on any atom is -0.398 e. The van der Waals surface area contributed by atoms with E-state index in [9.17, 15) is 9.59 Å². The number of rotatable bonds is 4. The minimum atomic E-state index is -0.475. The van der Waals surface area contributed by atoms with Crippen molar-refractivity contribution in [1.82, 2.24) is 10.6 Å². The maximum atomic E-state index is 11.5. The van der Waals surface area contributed by atoms with E-state index in [1.807, 2.05) is 32.0 Å². The minimum absolute atomic E-state index is 0.00443. The van der Waals surface area contributed by atoms with E-state index in [0.29, 0.717) is 5.69 Å². The van der Waals surface area contributed by atoms with Crippen molar-refractivity contribution in [2.24, 2.45) is 0 Å². The fourth-order valence-corrected chi connectivity index (χ4v) is 1.98. The van der Waals surface area contributed by atoms with Gasteiger partial charge in [-0.1, -0.05) is 12.1 Å². The summed E-state index contributed by atoms with van der Waals surface area (Å²) in [6.45, 7) is 3.65. The molecule has 0 radical (unpaired) electrons. The van der Waals surface area contributed by atoms with E-state index in [0.717, 1.165) is 4.90 Å². The Balaban J connectivity index is 2.38. The molecule has 0 bridgehead atoms. The number of amides is 3. The average molecular weight is 267 g/mol. The molecule has 3 amide bonds. The molecule has 1 aromatic carbocycles. The van der Waals surface area contributed by atoms with Crippen LogP contribution in [0.3, 0.4) is 0 Å². The Labute approximate surface area is 111 Å². The molecule has 0 atom stereocenters. The van der Waals surface area contributed by atoms with E-state index < -0.39 is 6.03 Å². The van der Waals surface area contributed by atoms with Gasteiger partial charge in [0.25, 0.3) is 0 Å². The van der Waals surface area contributed by atoms with E-state index in [2.05, 4.69) is 10.6 Å². The normalized spacial score (nSPS) is 10.2. The van der Waals surface area contributed by atoms with Gasteiger partial charge in [0.05, 0.1) is 5.75 Å². The van der Waals surface area contributed by atoms with Gasteiger partial charge in [-0.15, -0.1) is 11.8 Å². The van der Waals surface area contributed by atoms with Crippen molar-refractivity contribution >= 4 is 29.4 Å². The van der Waals surface area contributed by atoms with Crippen LogP contribution < -0.4 is 16.4 Å². The topological polar surface area (TPSA) is 84.2 Å². The van der Waals surface area contributed by atoms with Gasteiger partial charge in [-0.05, 0) is 26.0 Å². The summed E-state index contributed by atoms with van der Waals surface area (Å²) >= 11 is 1.30. The lowest BCUT2D eigenvalue weighted by atomic mass is 10.3. The van der Waals surface area contributed by atoms with E-state index in [1.165, 1.54) is 11.8 Å². The number of nitrogens with one attached hydrogen (secondary N) is 2. The Morgan fingerprint density at radius 3 is 2.61 bits per heavy atom. The number of urea groups is 1. The fraction of sp³-hybridized carbons (Fsp3) is 0.333.